The number of likely N-dealkylation sites (tertiary alicyclic amines) is 1. The van der Waals surface area contributed by atoms with Crippen molar-refractivity contribution in [1.29, 1.82) is 0 Å². The lowest BCUT2D eigenvalue weighted by atomic mass is 9.87. The van der Waals surface area contributed by atoms with Crippen molar-refractivity contribution in [3.8, 4) is 0 Å². The van der Waals surface area contributed by atoms with Crippen molar-refractivity contribution in [2.75, 3.05) is 13.1 Å². The van der Waals surface area contributed by atoms with Crippen molar-refractivity contribution in [3.63, 3.8) is 0 Å². The van der Waals surface area contributed by atoms with Gasteiger partial charge in [0.1, 0.15) is 0 Å². The van der Waals surface area contributed by atoms with E-state index in [0.29, 0.717) is 10.9 Å². The summed E-state index contributed by atoms with van der Waals surface area (Å²) in [5, 5.41) is 11.3. The van der Waals surface area contributed by atoms with Gasteiger partial charge in [0.05, 0.1) is 6.10 Å². The summed E-state index contributed by atoms with van der Waals surface area (Å²) >= 11 is 5.91. The van der Waals surface area contributed by atoms with Gasteiger partial charge in [0.25, 0.3) is 0 Å². The summed E-state index contributed by atoms with van der Waals surface area (Å²) in [6.45, 7) is 3.02. The summed E-state index contributed by atoms with van der Waals surface area (Å²) in [5.41, 5.74) is 2.27. The molecule has 3 rings (SSSR count). The smallest absolute Gasteiger partial charge is 0.0819 e. The Morgan fingerprint density at radius 2 is 1.73 bits per heavy atom. The third kappa shape index (κ3) is 3.86. The summed E-state index contributed by atoms with van der Waals surface area (Å²) in [7, 11) is 0. The van der Waals surface area contributed by atoms with Crippen LogP contribution in [0, 0.1) is 5.92 Å². The van der Waals surface area contributed by atoms with E-state index in [9.17, 15) is 5.11 Å². The second kappa shape index (κ2) is 7.23. The number of aromatic nitrogens is 1. The number of piperidine rings is 1. The molecule has 0 saturated carbocycles. The molecule has 1 aromatic heterocycles. The number of aliphatic hydroxyl groups is 1. The molecule has 0 unspecified atom stereocenters. The zero-order valence-corrected chi connectivity index (χ0v) is 13.3. The second-order valence-electron chi connectivity index (χ2n) is 5.97. The van der Waals surface area contributed by atoms with Crippen LogP contribution in [0.5, 0.6) is 0 Å². The first-order valence-electron chi connectivity index (χ1n) is 7.77. The summed E-state index contributed by atoms with van der Waals surface area (Å²) in [4.78, 5) is 6.50. The van der Waals surface area contributed by atoms with E-state index in [4.69, 9.17) is 11.6 Å². The van der Waals surface area contributed by atoms with Gasteiger partial charge in [-0.3, -0.25) is 9.88 Å². The molecule has 116 valence electrons. The standard InChI is InChI=1S/C18H21ClN2O/c19-17-3-1-15(2-4-17)18(22)16-7-11-21(12-8-16)13-14-5-9-20-10-6-14/h1-6,9-10,16,18,22H,7-8,11-13H2/t18-/m0/s1. The molecule has 1 aromatic carbocycles. The lowest BCUT2D eigenvalue weighted by Gasteiger charge is -2.34. The number of rotatable bonds is 4. The summed E-state index contributed by atoms with van der Waals surface area (Å²) in [6.07, 6.45) is 5.34. The first-order valence-corrected chi connectivity index (χ1v) is 8.15. The van der Waals surface area contributed by atoms with Crippen LogP contribution < -0.4 is 0 Å². The molecule has 0 spiro atoms. The highest BCUT2D eigenvalue weighted by Crippen LogP contribution is 2.31. The van der Waals surface area contributed by atoms with Crippen LogP contribution in [-0.4, -0.2) is 28.1 Å². The molecular weight excluding hydrogens is 296 g/mol. The molecule has 4 heteroatoms. The van der Waals surface area contributed by atoms with Gasteiger partial charge in [0.15, 0.2) is 0 Å². The van der Waals surface area contributed by atoms with Gasteiger partial charge in [-0.2, -0.15) is 0 Å². The first-order chi connectivity index (χ1) is 10.7. The highest BCUT2D eigenvalue weighted by atomic mass is 35.5. The molecular formula is C18H21ClN2O. The van der Waals surface area contributed by atoms with Gasteiger partial charge >= 0.3 is 0 Å². The Morgan fingerprint density at radius 1 is 1.09 bits per heavy atom. The molecule has 0 aliphatic carbocycles. The predicted molar refractivity (Wildman–Crippen MR) is 88.6 cm³/mol. The molecule has 1 saturated heterocycles. The lowest BCUT2D eigenvalue weighted by molar-refractivity contribution is 0.0568. The fourth-order valence-electron chi connectivity index (χ4n) is 3.11. The summed E-state index contributed by atoms with van der Waals surface area (Å²) in [5.74, 6) is 0.329. The fraction of sp³-hybridized carbons (Fsp3) is 0.389. The number of nitrogens with zero attached hydrogens (tertiary/aromatic N) is 2. The maximum atomic E-state index is 10.5. The molecule has 0 amide bonds. The Labute approximate surface area is 136 Å². The van der Waals surface area contributed by atoms with Gasteiger partial charge in [-0.15, -0.1) is 0 Å². The first kappa shape index (κ1) is 15.5. The largest absolute Gasteiger partial charge is 0.388 e. The van der Waals surface area contributed by atoms with Crippen molar-refractivity contribution in [1.82, 2.24) is 9.88 Å². The van der Waals surface area contributed by atoms with Crippen LogP contribution in [0.1, 0.15) is 30.1 Å². The van der Waals surface area contributed by atoms with Crippen LogP contribution in [0.15, 0.2) is 48.8 Å². The van der Waals surface area contributed by atoms with E-state index in [1.54, 1.807) is 0 Å². The van der Waals surface area contributed by atoms with E-state index in [1.165, 1.54) is 5.56 Å². The van der Waals surface area contributed by atoms with Crippen molar-refractivity contribution in [2.45, 2.75) is 25.5 Å². The minimum atomic E-state index is -0.389. The molecule has 1 aliphatic rings. The molecule has 1 aliphatic heterocycles. The van der Waals surface area contributed by atoms with Crippen LogP contribution in [0.2, 0.25) is 5.02 Å². The quantitative estimate of drug-likeness (QED) is 0.934. The van der Waals surface area contributed by atoms with E-state index in [-0.39, 0.29) is 6.10 Å². The molecule has 0 bridgehead atoms. The van der Waals surface area contributed by atoms with Gasteiger partial charge in [0, 0.05) is 24.0 Å². The monoisotopic (exact) mass is 316 g/mol. The van der Waals surface area contributed by atoms with E-state index in [0.717, 1.165) is 38.0 Å². The number of pyridine rings is 1. The van der Waals surface area contributed by atoms with Crippen LogP contribution in [-0.2, 0) is 6.54 Å². The number of halogens is 1. The van der Waals surface area contributed by atoms with Crippen LogP contribution >= 0.6 is 11.6 Å². The van der Waals surface area contributed by atoms with Crippen LogP contribution in [0.25, 0.3) is 0 Å². The highest BCUT2D eigenvalue weighted by Gasteiger charge is 2.26. The van der Waals surface area contributed by atoms with Gasteiger partial charge in [0.2, 0.25) is 0 Å². The van der Waals surface area contributed by atoms with E-state index in [2.05, 4.69) is 22.0 Å². The molecule has 2 aromatic rings. The molecule has 1 fully saturated rings. The minimum absolute atomic E-state index is 0.329. The summed E-state index contributed by atoms with van der Waals surface area (Å²) < 4.78 is 0. The van der Waals surface area contributed by atoms with E-state index < -0.39 is 0 Å². The minimum Gasteiger partial charge on any atom is -0.388 e. The number of hydrogen-bond acceptors (Lipinski definition) is 3. The Bertz CT molecular complexity index is 580. The van der Waals surface area contributed by atoms with Crippen molar-refractivity contribution in [3.05, 3.63) is 64.9 Å². The topological polar surface area (TPSA) is 36.4 Å². The molecule has 2 heterocycles. The average Bonchev–Trinajstić information content (AvgIpc) is 2.57. The van der Waals surface area contributed by atoms with E-state index in [1.807, 2.05) is 36.7 Å². The third-order valence-corrected chi connectivity index (χ3v) is 4.70. The van der Waals surface area contributed by atoms with E-state index >= 15 is 0 Å². The zero-order valence-electron chi connectivity index (χ0n) is 12.5. The Kier molecular flexibility index (Phi) is 5.08. The maximum absolute atomic E-state index is 10.5. The van der Waals surface area contributed by atoms with Gasteiger partial charge in [-0.05, 0) is 67.2 Å². The summed E-state index contributed by atoms with van der Waals surface area (Å²) in [6, 6.07) is 11.7. The van der Waals surface area contributed by atoms with Gasteiger partial charge in [-0.1, -0.05) is 23.7 Å². The maximum Gasteiger partial charge on any atom is 0.0819 e. The molecule has 1 N–H and O–H groups in total. The van der Waals surface area contributed by atoms with Crippen molar-refractivity contribution < 1.29 is 5.11 Å². The zero-order chi connectivity index (χ0) is 15.4. The molecule has 1 atom stereocenters. The molecule has 22 heavy (non-hydrogen) atoms. The fourth-order valence-corrected chi connectivity index (χ4v) is 3.23. The number of hydrogen-bond donors (Lipinski definition) is 1. The number of aliphatic hydroxyl groups excluding tert-OH is 1. The number of benzene rings is 1. The van der Waals surface area contributed by atoms with Crippen molar-refractivity contribution >= 4 is 11.6 Å². The lowest BCUT2D eigenvalue weighted by Crippen LogP contribution is -2.35. The highest BCUT2D eigenvalue weighted by molar-refractivity contribution is 6.30. The predicted octanol–water partition coefficient (Wildman–Crippen LogP) is 3.68. The van der Waals surface area contributed by atoms with Crippen molar-refractivity contribution in [2.24, 2.45) is 5.92 Å². The normalized spacial score (nSPS) is 18.3. The van der Waals surface area contributed by atoms with Gasteiger partial charge < -0.3 is 5.11 Å². The molecule has 3 nitrogen and oxygen atoms in total. The molecule has 0 radical (unpaired) electrons. The second-order valence-corrected chi connectivity index (χ2v) is 6.40. The Balaban J connectivity index is 1.54. The van der Waals surface area contributed by atoms with Crippen LogP contribution in [0.4, 0.5) is 0 Å². The SMILES string of the molecule is O[C@@H](c1ccc(Cl)cc1)C1CCN(Cc2ccncc2)CC1. The Morgan fingerprint density at radius 3 is 2.36 bits per heavy atom. The van der Waals surface area contributed by atoms with Crippen LogP contribution in [0.3, 0.4) is 0 Å². The average molecular weight is 317 g/mol. The Hall–Kier alpha value is -1.42. The third-order valence-electron chi connectivity index (χ3n) is 4.45. The van der Waals surface area contributed by atoms with Gasteiger partial charge in [-0.25, -0.2) is 0 Å².